The number of rotatable bonds is 4. The minimum absolute atomic E-state index is 0.0130. The largest absolute Gasteiger partial charge is 0.465 e. The lowest BCUT2D eigenvalue weighted by molar-refractivity contribution is -0.143. The number of benzene rings is 1. The molecule has 0 spiro atoms. The van der Waals surface area contributed by atoms with Crippen LogP contribution in [0, 0.1) is 11.6 Å². The molecule has 0 fully saturated rings. The number of ether oxygens (including phenoxy) is 1. The fourth-order valence-electron chi connectivity index (χ4n) is 2.42. The van der Waals surface area contributed by atoms with Gasteiger partial charge < -0.3 is 9.30 Å². The summed E-state index contributed by atoms with van der Waals surface area (Å²) in [5.41, 5.74) is 0.206. The average molecular weight is 380 g/mol. The molecule has 0 radical (unpaired) electrons. The van der Waals surface area contributed by atoms with Crippen LogP contribution in [0.4, 0.5) is 8.78 Å². The van der Waals surface area contributed by atoms with Gasteiger partial charge in [0.15, 0.2) is 10.6 Å². The smallest absolute Gasteiger partial charge is 0.326 e. The molecular weight excluding hydrogens is 366 g/mol. The molecule has 3 rings (SSSR count). The number of halogens is 2. The number of aromatic nitrogens is 3. The molecule has 0 saturated heterocycles. The maximum atomic E-state index is 14.3. The third kappa shape index (κ3) is 3.40. The molecular formula is C16H14F2N4O3S. The lowest BCUT2D eigenvalue weighted by Crippen LogP contribution is -2.23. The lowest BCUT2D eigenvalue weighted by atomic mass is 10.3. The molecule has 0 atom stereocenters. The fraction of sp³-hybridized carbons (Fsp3) is 0.250. The Morgan fingerprint density at radius 3 is 2.77 bits per heavy atom. The standard InChI is InChI=1S/C16H14F2N4O3S/c1-3-25-13(23)8-22-14-10(18)6-9(17)7-12(14)26-16(22)20-15(24)11-4-5-19-21(11)2/h4-7H,3,8H2,1-2H3. The van der Waals surface area contributed by atoms with Crippen LogP contribution in [0.2, 0.25) is 0 Å². The number of hydrogen-bond acceptors (Lipinski definition) is 5. The van der Waals surface area contributed by atoms with Gasteiger partial charge in [0.1, 0.15) is 18.1 Å². The van der Waals surface area contributed by atoms with E-state index in [1.807, 2.05) is 0 Å². The van der Waals surface area contributed by atoms with Gasteiger partial charge in [-0.15, -0.1) is 0 Å². The summed E-state index contributed by atoms with van der Waals surface area (Å²) in [7, 11) is 1.58. The molecule has 0 unspecified atom stereocenters. The van der Waals surface area contributed by atoms with Gasteiger partial charge in [-0.05, 0) is 19.1 Å². The number of esters is 1. The predicted octanol–water partition coefficient (Wildman–Crippen LogP) is 2.02. The summed E-state index contributed by atoms with van der Waals surface area (Å²) in [6.07, 6.45) is 1.44. The van der Waals surface area contributed by atoms with E-state index >= 15 is 0 Å². The lowest BCUT2D eigenvalue weighted by Gasteiger charge is -2.05. The highest BCUT2D eigenvalue weighted by Crippen LogP contribution is 2.22. The molecule has 0 aliphatic carbocycles. The highest BCUT2D eigenvalue weighted by molar-refractivity contribution is 7.16. The SMILES string of the molecule is CCOC(=O)Cn1c(=NC(=O)c2ccnn2C)sc2cc(F)cc(F)c21. The van der Waals surface area contributed by atoms with E-state index in [-0.39, 0.29) is 33.9 Å². The van der Waals surface area contributed by atoms with Crippen molar-refractivity contribution in [1.29, 1.82) is 0 Å². The second-order valence-corrected chi connectivity index (χ2v) is 6.28. The van der Waals surface area contributed by atoms with E-state index in [0.717, 1.165) is 17.4 Å². The summed E-state index contributed by atoms with van der Waals surface area (Å²) < 4.78 is 35.5. The van der Waals surface area contributed by atoms with Crippen LogP contribution in [0.3, 0.4) is 0 Å². The first-order chi connectivity index (χ1) is 12.4. The summed E-state index contributed by atoms with van der Waals surface area (Å²) >= 11 is 0.902. The first kappa shape index (κ1) is 17.9. The predicted molar refractivity (Wildman–Crippen MR) is 89.5 cm³/mol. The van der Waals surface area contributed by atoms with E-state index in [2.05, 4.69) is 10.1 Å². The Bertz CT molecular complexity index is 1070. The number of carbonyl (C=O) groups excluding carboxylic acids is 2. The molecule has 0 aliphatic rings. The Balaban J connectivity index is 2.18. The van der Waals surface area contributed by atoms with Crippen LogP contribution >= 0.6 is 11.3 Å². The van der Waals surface area contributed by atoms with Crippen molar-refractivity contribution in [2.24, 2.45) is 12.0 Å². The van der Waals surface area contributed by atoms with Crippen LogP contribution in [0.5, 0.6) is 0 Å². The number of carbonyl (C=O) groups is 2. The van der Waals surface area contributed by atoms with Crippen molar-refractivity contribution in [3.05, 3.63) is 46.5 Å². The summed E-state index contributed by atoms with van der Waals surface area (Å²) in [6, 6.07) is 3.32. The van der Waals surface area contributed by atoms with Crippen molar-refractivity contribution < 1.29 is 23.1 Å². The maximum Gasteiger partial charge on any atom is 0.326 e. The fourth-order valence-corrected chi connectivity index (χ4v) is 3.49. The Morgan fingerprint density at radius 1 is 1.35 bits per heavy atom. The molecule has 1 aromatic carbocycles. The maximum absolute atomic E-state index is 14.3. The van der Waals surface area contributed by atoms with Crippen molar-refractivity contribution in [1.82, 2.24) is 14.3 Å². The van der Waals surface area contributed by atoms with Crippen molar-refractivity contribution in [2.75, 3.05) is 6.61 Å². The zero-order valence-corrected chi connectivity index (χ0v) is 14.7. The van der Waals surface area contributed by atoms with Crippen molar-refractivity contribution >= 4 is 33.4 Å². The molecule has 3 aromatic rings. The molecule has 0 bridgehead atoms. The van der Waals surface area contributed by atoms with Crippen LogP contribution in [0.1, 0.15) is 17.4 Å². The number of fused-ring (bicyclic) bond motifs is 1. The van der Waals surface area contributed by atoms with Gasteiger partial charge in [0, 0.05) is 19.3 Å². The summed E-state index contributed by atoms with van der Waals surface area (Å²) in [5, 5.41) is 3.89. The molecule has 26 heavy (non-hydrogen) atoms. The molecule has 1 amide bonds. The molecule has 0 saturated carbocycles. The summed E-state index contributed by atoms with van der Waals surface area (Å²) in [5.74, 6) is -2.85. The Morgan fingerprint density at radius 2 is 2.12 bits per heavy atom. The average Bonchev–Trinajstić information content (AvgIpc) is 3.12. The van der Waals surface area contributed by atoms with Gasteiger partial charge in [0.2, 0.25) is 0 Å². The van der Waals surface area contributed by atoms with E-state index < -0.39 is 23.5 Å². The summed E-state index contributed by atoms with van der Waals surface area (Å²) in [4.78, 5) is 28.3. The zero-order valence-electron chi connectivity index (χ0n) is 13.9. The number of hydrogen-bond donors (Lipinski definition) is 0. The Hall–Kier alpha value is -2.88. The molecule has 136 valence electrons. The van der Waals surface area contributed by atoms with Gasteiger partial charge in [0.05, 0.1) is 16.8 Å². The van der Waals surface area contributed by atoms with Crippen LogP contribution < -0.4 is 4.80 Å². The minimum Gasteiger partial charge on any atom is -0.465 e. The van der Waals surface area contributed by atoms with Crippen molar-refractivity contribution in [3.8, 4) is 0 Å². The van der Waals surface area contributed by atoms with Crippen LogP contribution in [0.15, 0.2) is 29.4 Å². The first-order valence-electron chi connectivity index (χ1n) is 7.61. The van der Waals surface area contributed by atoms with Gasteiger partial charge in [-0.1, -0.05) is 11.3 Å². The van der Waals surface area contributed by atoms with Crippen molar-refractivity contribution in [3.63, 3.8) is 0 Å². The highest BCUT2D eigenvalue weighted by atomic mass is 32.1. The number of nitrogens with zero attached hydrogens (tertiary/aromatic N) is 4. The quantitative estimate of drug-likeness (QED) is 0.649. The second kappa shape index (κ2) is 7.16. The van der Waals surface area contributed by atoms with Gasteiger partial charge in [-0.3, -0.25) is 14.3 Å². The van der Waals surface area contributed by atoms with Crippen molar-refractivity contribution in [2.45, 2.75) is 13.5 Å². The third-order valence-electron chi connectivity index (χ3n) is 3.53. The Kier molecular flexibility index (Phi) is 4.94. The number of amides is 1. The highest BCUT2D eigenvalue weighted by Gasteiger charge is 2.17. The molecule has 0 N–H and O–H groups in total. The summed E-state index contributed by atoms with van der Waals surface area (Å²) in [6.45, 7) is 1.44. The third-order valence-corrected chi connectivity index (χ3v) is 4.55. The van der Waals surface area contributed by atoms with E-state index in [1.165, 1.54) is 21.5 Å². The second-order valence-electron chi connectivity index (χ2n) is 5.27. The number of thiazole rings is 1. The van der Waals surface area contributed by atoms with E-state index in [9.17, 15) is 18.4 Å². The van der Waals surface area contributed by atoms with Gasteiger partial charge in [-0.25, -0.2) is 8.78 Å². The van der Waals surface area contributed by atoms with E-state index in [4.69, 9.17) is 4.74 Å². The molecule has 2 aromatic heterocycles. The molecule has 0 aliphatic heterocycles. The van der Waals surface area contributed by atoms with E-state index in [1.54, 1.807) is 14.0 Å². The van der Waals surface area contributed by atoms with E-state index in [0.29, 0.717) is 6.07 Å². The first-order valence-corrected chi connectivity index (χ1v) is 8.43. The molecule has 2 heterocycles. The van der Waals surface area contributed by atoms with Crippen LogP contribution in [-0.2, 0) is 23.1 Å². The minimum atomic E-state index is -0.852. The van der Waals surface area contributed by atoms with Gasteiger partial charge in [-0.2, -0.15) is 10.1 Å². The van der Waals surface area contributed by atoms with Crippen LogP contribution in [0.25, 0.3) is 10.2 Å². The normalized spacial score (nSPS) is 11.9. The van der Waals surface area contributed by atoms with Gasteiger partial charge in [0.25, 0.3) is 5.91 Å². The molecule has 10 heteroatoms. The monoisotopic (exact) mass is 380 g/mol. The van der Waals surface area contributed by atoms with Crippen LogP contribution in [-0.4, -0.2) is 32.8 Å². The number of aryl methyl sites for hydroxylation is 1. The van der Waals surface area contributed by atoms with Gasteiger partial charge >= 0.3 is 5.97 Å². The molecule has 7 nitrogen and oxygen atoms in total. The zero-order chi connectivity index (χ0) is 18.8. The Labute approximate surface area is 150 Å². The topological polar surface area (TPSA) is 78.5 Å².